The lowest BCUT2D eigenvalue weighted by Crippen LogP contribution is -2.11. The van der Waals surface area contributed by atoms with E-state index in [1.807, 2.05) is 36.4 Å². The molecule has 0 fully saturated rings. The molecule has 0 aromatic heterocycles. The Morgan fingerprint density at radius 3 is 2.52 bits per heavy atom. The standard InChI is InChI=1S/C21H17NO3/c1-14(23)18-11-10-16-4-2-3-5-19(16)21(18)25-13-20(24)17-8-6-15(12-22)7-9-17/h2-11,20,24H,13H2,1H3. The van der Waals surface area contributed by atoms with E-state index in [1.54, 1.807) is 30.3 Å². The van der Waals surface area contributed by atoms with E-state index in [1.165, 1.54) is 6.92 Å². The van der Waals surface area contributed by atoms with Crippen LogP contribution >= 0.6 is 0 Å². The van der Waals surface area contributed by atoms with E-state index in [0.717, 1.165) is 10.8 Å². The number of nitrogens with zero attached hydrogens (tertiary/aromatic N) is 1. The van der Waals surface area contributed by atoms with E-state index in [2.05, 4.69) is 0 Å². The summed E-state index contributed by atoms with van der Waals surface area (Å²) in [6.45, 7) is 1.51. The number of ether oxygens (including phenoxy) is 1. The van der Waals surface area contributed by atoms with Crippen molar-refractivity contribution in [1.29, 1.82) is 5.26 Å². The van der Waals surface area contributed by atoms with Gasteiger partial charge in [-0.2, -0.15) is 5.26 Å². The van der Waals surface area contributed by atoms with Gasteiger partial charge in [0.25, 0.3) is 0 Å². The highest BCUT2D eigenvalue weighted by Gasteiger charge is 2.15. The fourth-order valence-electron chi connectivity index (χ4n) is 2.71. The van der Waals surface area contributed by atoms with E-state index < -0.39 is 6.10 Å². The number of benzene rings is 3. The third-order valence-electron chi connectivity index (χ3n) is 4.07. The zero-order chi connectivity index (χ0) is 17.8. The molecule has 124 valence electrons. The minimum absolute atomic E-state index is 0.0141. The molecule has 3 aromatic carbocycles. The highest BCUT2D eigenvalue weighted by Crippen LogP contribution is 2.31. The summed E-state index contributed by atoms with van der Waals surface area (Å²) >= 11 is 0. The molecule has 0 saturated carbocycles. The van der Waals surface area contributed by atoms with Crippen molar-refractivity contribution in [3.8, 4) is 11.8 Å². The SMILES string of the molecule is CC(=O)c1ccc2ccccc2c1OCC(O)c1ccc(C#N)cc1. The first-order chi connectivity index (χ1) is 12.1. The molecule has 0 spiro atoms. The zero-order valence-corrected chi connectivity index (χ0v) is 13.8. The van der Waals surface area contributed by atoms with Crippen LogP contribution in [0.25, 0.3) is 10.8 Å². The smallest absolute Gasteiger partial charge is 0.163 e. The predicted octanol–water partition coefficient (Wildman–Crippen LogP) is 4.03. The minimum Gasteiger partial charge on any atom is -0.489 e. The van der Waals surface area contributed by atoms with E-state index in [-0.39, 0.29) is 12.4 Å². The van der Waals surface area contributed by atoms with E-state index >= 15 is 0 Å². The van der Waals surface area contributed by atoms with E-state index in [0.29, 0.717) is 22.4 Å². The summed E-state index contributed by atoms with van der Waals surface area (Å²) in [6.07, 6.45) is -0.855. The van der Waals surface area contributed by atoms with Crippen molar-refractivity contribution in [2.75, 3.05) is 6.61 Å². The molecule has 3 aromatic rings. The van der Waals surface area contributed by atoms with Crippen LogP contribution in [-0.4, -0.2) is 17.5 Å². The number of carbonyl (C=O) groups is 1. The van der Waals surface area contributed by atoms with Gasteiger partial charge in [-0.25, -0.2) is 0 Å². The first kappa shape index (κ1) is 16.7. The van der Waals surface area contributed by atoms with Gasteiger partial charge in [-0.1, -0.05) is 42.5 Å². The van der Waals surface area contributed by atoms with Crippen LogP contribution in [0.15, 0.2) is 60.7 Å². The average Bonchev–Trinajstić information content (AvgIpc) is 2.65. The Bertz CT molecular complexity index is 955. The molecule has 0 aliphatic heterocycles. The Kier molecular flexibility index (Phi) is 4.78. The van der Waals surface area contributed by atoms with Gasteiger partial charge in [0.15, 0.2) is 5.78 Å². The Labute approximate surface area is 145 Å². The molecule has 0 saturated heterocycles. The summed E-state index contributed by atoms with van der Waals surface area (Å²) in [7, 11) is 0. The summed E-state index contributed by atoms with van der Waals surface area (Å²) in [6, 6.07) is 20.0. The molecule has 3 rings (SSSR count). The first-order valence-corrected chi connectivity index (χ1v) is 7.94. The largest absolute Gasteiger partial charge is 0.489 e. The molecule has 0 amide bonds. The number of nitriles is 1. The molecular formula is C21H17NO3. The maximum Gasteiger partial charge on any atom is 0.163 e. The van der Waals surface area contributed by atoms with Crippen molar-refractivity contribution in [1.82, 2.24) is 0 Å². The predicted molar refractivity (Wildman–Crippen MR) is 95.6 cm³/mol. The maximum absolute atomic E-state index is 11.9. The molecule has 0 radical (unpaired) electrons. The van der Waals surface area contributed by atoms with Crippen molar-refractivity contribution in [2.45, 2.75) is 13.0 Å². The van der Waals surface area contributed by atoms with E-state index in [9.17, 15) is 9.90 Å². The summed E-state index contributed by atoms with van der Waals surface area (Å²) in [5.41, 5.74) is 1.68. The number of Topliss-reactive ketones (excluding diaryl/α,β-unsaturated/α-hetero) is 1. The van der Waals surface area contributed by atoms with Crippen molar-refractivity contribution < 1.29 is 14.6 Å². The Balaban J connectivity index is 1.88. The number of aliphatic hydroxyl groups excluding tert-OH is 1. The lowest BCUT2D eigenvalue weighted by atomic mass is 10.0. The van der Waals surface area contributed by atoms with Gasteiger partial charge in [0.1, 0.15) is 18.5 Å². The van der Waals surface area contributed by atoms with Crippen LogP contribution in [0.3, 0.4) is 0 Å². The maximum atomic E-state index is 11.9. The summed E-state index contributed by atoms with van der Waals surface area (Å²) in [5, 5.41) is 21.0. The molecule has 25 heavy (non-hydrogen) atoms. The molecule has 1 atom stereocenters. The minimum atomic E-state index is -0.855. The molecule has 0 heterocycles. The van der Waals surface area contributed by atoms with Gasteiger partial charge in [0.05, 0.1) is 17.2 Å². The highest BCUT2D eigenvalue weighted by molar-refractivity contribution is 6.03. The fraction of sp³-hybridized carbons (Fsp3) is 0.143. The normalized spacial score (nSPS) is 11.7. The van der Waals surface area contributed by atoms with Crippen LogP contribution in [0.2, 0.25) is 0 Å². The van der Waals surface area contributed by atoms with Crippen LogP contribution in [0.5, 0.6) is 5.75 Å². The lowest BCUT2D eigenvalue weighted by Gasteiger charge is -2.16. The molecule has 0 bridgehead atoms. The number of rotatable bonds is 5. The van der Waals surface area contributed by atoms with Crippen LogP contribution in [0.1, 0.15) is 34.5 Å². The molecule has 0 aliphatic carbocycles. The summed E-state index contributed by atoms with van der Waals surface area (Å²) in [4.78, 5) is 11.9. The number of ketones is 1. The Morgan fingerprint density at radius 2 is 1.84 bits per heavy atom. The van der Waals surface area contributed by atoms with Crippen LogP contribution < -0.4 is 4.74 Å². The second-order valence-corrected chi connectivity index (χ2v) is 5.78. The van der Waals surface area contributed by atoms with Crippen LogP contribution in [-0.2, 0) is 0 Å². The van der Waals surface area contributed by atoms with Crippen molar-refractivity contribution in [3.05, 3.63) is 77.4 Å². The third kappa shape index (κ3) is 3.52. The topological polar surface area (TPSA) is 70.3 Å². The van der Waals surface area contributed by atoms with Gasteiger partial charge in [-0.05, 0) is 36.1 Å². The van der Waals surface area contributed by atoms with Crippen LogP contribution in [0.4, 0.5) is 0 Å². The fourth-order valence-corrected chi connectivity index (χ4v) is 2.71. The van der Waals surface area contributed by atoms with Crippen molar-refractivity contribution in [2.24, 2.45) is 0 Å². The Morgan fingerprint density at radius 1 is 1.12 bits per heavy atom. The van der Waals surface area contributed by atoms with Gasteiger partial charge in [0.2, 0.25) is 0 Å². The zero-order valence-electron chi connectivity index (χ0n) is 13.8. The lowest BCUT2D eigenvalue weighted by molar-refractivity contribution is 0.0980. The van der Waals surface area contributed by atoms with Gasteiger partial charge >= 0.3 is 0 Å². The summed E-state index contributed by atoms with van der Waals surface area (Å²) in [5.74, 6) is 0.395. The number of carbonyl (C=O) groups excluding carboxylic acids is 1. The number of hydrogen-bond acceptors (Lipinski definition) is 4. The Hall–Kier alpha value is -3.16. The molecule has 4 heteroatoms. The number of fused-ring (bicyclic) bond motifs is 1. The van der Waals surface area contributed by atoms with Gasteiger partial charge in [0, 0.05) is 5.39 Å². The molecule has 1 unspecified atom stereocenters. The van der Waals surface area contributed by atoms with Gasteiger partial charge in [-0.15, -0.1) is 0 Å². The van der Waals surface area contributed by atoms with Crippen LogP contribution in [0, 0.1) is 11.3 Å². The van der Waals surface area contributed by atoms with Gasteiger partial charge in [-0.3, -0.25) is 4.79 Å². The second-order valence-electron chi connectivity index (χ2n) is 5.78. The molecule has 4 nitrogen and oxygen atoms in total. The second kappa shape index (κ2) is 7.16. The average molecular weight is 331 g/mol. The number of hydrogen-bond donors (Lipinski definition) is 1. The van der Waals surface area contributed by atoms with E-state index in [4.69, 9.17) is 10.00 Å². The molecular weight excluding hydrogens is 314 g/mol. The highest BCUT2D eigenvalue weighted by atomic mass is 16.5. The van der Waals surface area contributed by atoms with Crippen molar-refractivity contribution >= 4 is 16.6 Å². The van der Waals surface area contributed by atoms with Gasteiger partial charge < -0.3 is 9.84 Å². The third-order valence-corrected chi connectivity index (χ3v) is 4.07. The van der Waals surface area contributed by atoms with Crippen molar-refractivity contribution in [3.63, 3.8) is 0 Å². The molecule has 1 N–H and O–H groups in total. The quantitative estimate of drug-likeness (QED) is 0.717. The number of aliphatic hydroxyl groups is 1. The summed E-state index contributed by atoms with van der Waals surface area (Å²) < 4.78 is 5.85. The monoisotopic (exact) mass is 331 g/mol. The molecule has 0 aliphatic rings. The first-order valence-electron chi connectivity index (χ1n) is 7.94.